The highest BCUT2D eigenvalue weighted by molar-refractivity contribution is 6.12. The van der Waals surface area contributed by atoms with Gasteiger partial charge in [0.1, 0.15) is 5.69 Å². The first kappa shape index (κ1) is 24.7. The van der Waals surface area contributed by atoms with E-state index in [1.54, 1.807) is 54.9 Å². The molecule has 0 spiro atoms. The Morgan fingerprint density at radius 3 is 2.31 bits per heavy atom. The normalized spacial score (nSPS) is 10.8. The zero-order valence-corrected chi connectivity index (χ0v) is 20.3. The monoisotopic (exact) mass is 480 g/mol. The van der Waals surface area contributed by atoms with Crippen molar-refractivity contribution in [1.82, 2.24) is 19.9 Å². The lowest BCUT2D eigenvalue weighted by Gasteiger charge is -2.13. The van der Waals surface area contributed by atoms with E-state index in [9.17, 15) is 9.59 Å². The van der Waals surface area contributed by atoms with Gasteiger partial charge < -0.3 is 15.5 Å². The zero-order chi connectivity index (χ0) is 25.3. The van der Waals surface area contributed by atoms with Gasteiger partial charge in [-0.1, -0.05) is 42.5 Å². The molecular weight excluding hydrogens is 452 g/mol. The number of aryl methyl sites for hydroxylation is 1. The van der Waals surface area contributed by atoms with Crippen LogP contribution >= 0.6 is 0 Å². The summed E-state index contributed by atoms with van der Waals surface area (Å²) in [6.07, 6.45) is 4.81. The number of pyridine rings is 1. The molecule has 8 nitrogen and oxygen atoms in total. The third kappa shape index (κ3) is 6.58. The maximum absolute atomic E-state index is 13.3. The smallest absolute Gasteiger partial charge is 0.274 e. The highest BCUT2D eigenvalue weighted by Gasteiger charge is 2.17. The molecule has 0 aliphatic heterocycles. The van der Waals surface area contributed by atoms with Gasteiger partial charge in [-0.25, -0.2) is 9.97 Å². The molecular formula is C28H28N6O2. The third-order valence-electron chi connectivity index (χ3n) is 5.44. The van der Waals surface area contributed by atoms with Crippen molar-refractivity contribution < 1.29 is 9.59 Å². The van der Waals surface area contributed by atoms with E-state index in [4.69, 9.17) is 4.98 Å². The predicted molar refractivity (Wildman–Crippen MR) is 141 cm³/mol. The largest absolute Gasteiger partial charge is 0.322 e. The van der Waals surface area contributed by atoms with E-state index in [0.717, 1.165) is 24.2 Å². The number of aromatic nitrogens is 3. The van der Waals surface area contributed by atoms with Gasteiger partial charge in [0.05, 0.1) is 11.3 Å². The van der Waals surface area contributed by atoms with Crippen molar-refractivity contribution in [1.29, 1.82) is 0 Å². The molecule has 4 aromatic rings. The molecule has 0 saturated heterocycles. The molecule has 2 heterocycles. The first-order valence-electron chi connectivity index (χ1n) is 11.7. The van der Waals surface area contributed by atoms with Gasteiger partial charge in [-0.15, -0.1) is 0 Å². The molecule has 182 valence electrons. The molecule has 0 bridgehead atoms. The molecule has 0 fully saturated rings. The van der Waals surface area contributed by atoms with Gasteiger partial charge in [0, 0.05) is 29.3 Å². The van der Waals surface area contributed by atoms with E-state index in [0.29, 0.717) is 29.2 Å². The van der Waals surface area contributed by atoms with Crippen molar-refractivity contribution in [2.75, 3.05) is 31.3 Å². The minimum absolute atomic E-state index is 0.244. The number of carbonyl (C=O) groups excluding carboxylic acids is 2. The predicted octanol–water partition coefficient (Wildman–Crippen LogP) is 4.54. The molecule has 2 N–H and O–H groups in total. The average molecular weight is 481 g/mol. The lowest BCUT2D eigenvalue weighted by Crippen LogP contribution is -2.20. The van der Waals surface area contributed by atoms with Crippen molar-refractivity contribution in [2.24, 2.45) is 0 Å². The van der Waals surface area contributed by atoms with E-state index in [1.807, 2.05) is 44.4 Å². The Labute approximate surface area is 210 Å². The van der Waals surface area contributed by atoms with Crippen LogP contribution in [0.4, 0.5) is 11.4 Å². The van der Waals surface area contributed by atoms with Crippen LogP contribution in [0.5, 0.6) is 0 Å². The quantitative estimate of drug-likeness (QED) is 0.365. The summed E-state index contributed by atoms with van der Waals surface area (Å²) in [6, 6.07) is 21.6. The van der Waals surface area contributed by atoms with Crippen LogP contribution in [-0.4, -0.2) is 52.3 Å². The van der Waals surface area contributed by atoms with Gasteiger partial charge in [-0.05, 0) is 63.8 Å². The number of benzene rings is 2. The number of para-hydroxylation sites is 1. The number of hydrogen-bond acceptors (Lipinski definition) is 6. The van der Waals surface area contributed by atoms with Gasteiger partial charge in [0.25, 0.3) is 11.8 Å². The second-order valence-corrected chi connectivity index (χ2v) is 8.53. The number of nitrogens with zero attached hydrogens (tertiary/aromatic N) is 4. The Bertz CT molecular complexity index is 1330. The van der Waals surface area contributed by atoms with Gasteiger partial charge in [0.15, 0.2) is 5.82 Å². The SMILES string of the molecule is CN(C)CCCc1cc(C(=O)Nc2ccccc2C(=O)Nc2ccncc2)nc(-c2ccccc2)n1. The number of carbonyl (C=O) groups is 2. The molecule has 2 amide bonds. The summed E-state index contributed by atoms with van der Waals surface area (Å²) in [5.74, 6) is -0.256. The first-order chi connectivity index (χ1) is 17.5. The van der Waals surface area contributed by atoms with Crippen LogP contribution in [0.25, 0.3) is 11.4 Å². The summed E-state index contributed by atoms with van der Waals surface area (Å²) in [5.41, 5.74) is 3.21. The lowest BCUT2D eigenvalue weighted by molar-refractivity contribution is 0.102. The molecule has 0 atom stereocenters. The minimum Gasteiger partial charge on any atom is -0.322 e. The maximum Gasteiger partial charge on any atom is 0.274 e. The molecule has 2 aromatic carbocycles. The fraction of sp³-hybridized carbons (Fsp3) is 0.179. The molecule has 4 rings (SSSR count). The molecule has 0 aliphatic carbocycles. The Kier molecular flexibility index (Phi) is 8.10. The van der Waals surface area contributed by atoms with Crippen LogP contribution in [0.3, 0.4) is 0 Å². The second-order valence-electron chi connectivity index (χ2n) is 8.53. The molecule has 0 radical (unpaired) electrons. The highest BCUT2D eigenvalue weighted by Crippen LogP contribution is 2.20. The van der Waals surface area contributed by atoms with Crippen molar-refractivity contribution >= 4 is 23.2 Å². The Hall–Kier alpha value is -4.43. The van der Waals surface area contributed by atoms with Crippen LogP contribution in [0.1, 0.15) is 33.0 Å². The van der Waals surface area contributed by atoms with E-state index in [-0.39, 0.29) is 11.6 Å². The van der Waals surface area contributed by atoms with Crippen molar-refractivity contribution in [3.8, 4) is 11.4 Å². The van der Waals surface area contributed by atoms with Crippen LogP contribution in [0.2, 0.25) is 0 Å². The van der Waals surface area contributed by atoms with Crippen LogP contribution < -0.4 is 10.6 Å². The van der Waals surface area contributed by atoms with Gasteiger partial charge in [0.2, 0.25) is 0 Å². The lowest BCUT2D eigenvalue weighted by atomic mass is 10.1. The summed E-state index contributed by atoms with van der Waals surface area (Å²) in [5, 5.41) is 5.69. The molecule has 2 aromatic heterocycles. The van der Waals surface area contributed by atoms with Gasteiger partial charge >= 0.3 is 0 Å². The number of rotatable bonds is 9. The summed E-state index contributed by atoms with van der Waals surface area (Å²) in [7, 11) is 4.05. The third-order valence-corrected chi connectivity index (χ3v) is 5.44. The fourth-order valence-electron chi connectivity index (χ4n) is 3.64. The number of anilines is 2. The standard InChI is InChI=1S/C28H28N6O2/c1-34(2)18-8-11-22-19-25(32-26(30-22)20-9-4-3-5-10-20)28(36)33-24-13-7-6-12-23(24)27(35)31-21-14-16-29-17-15-21/h3-7,9-10,12-17,19H,8,11,18H2,1-2H3,(H,33,36)(H,29,31,35). The summed E-state index contributed by atoms with van der Waals surface area (Å²) in [4.78, 5) is 41.5. The topological polar surface area (TPSA) is 100 Å². The molecule has 36 heavy (non-hydrogen) atoms. The van der Waals surface area contributed by atoms with Crippen molar-refractivity contribution in [3.05, 3.63) is 102 Å². The summed E-state index contributed by atoms with van der Waals surface area (Å²) >= 11 is 0. The molecule has 0 unspecified atom stereocenters. The van der Waals surface area contributed by atoms with Crippen LogP contribution in [0, 0.1) is 0 Å². The number of nitrogens with one attached hydrogen (secondary N) is 2. The van der Waals surface area contributed by atoms with Crippen molar-refractivity contribution in [2.45, 2.75) is 12.8 Å². The Morgan fingerprint density at radius 2 is 1.56 bits per heavy atom. The Morgan fingerprint density at radius 1 is 0.833 bits per heavy atom. The zero-order valence-electron chi connectivity index (χ0n) is 20.3. The van der Waals surface area contributed by atoms with E-state index >= 15 is 0 Å². The second kappa shape index (κ2) is 11.8. The first-order valence-corrected chi connectivity index (χ1v) is 11.7. The van der Waals surface area contributed by atoms with E-state index in [2.05, 4.69) is 25.5 Å². The number of hydrogen-bond donors (Lipinski definition) is 2. The molecule has 0 saturated carbocycles. The summed E-state index contributed by atoms with van der Waals surface area (Å²) < 4.78 is 0. The minimum atomic E-state index is -0.410. The fourth-order valence-corrected chi connectivity index (χ4v) is 3.64. The maximum atomic E-state index is 13.3. The Balaban J connectivity index is 1.59. The number of amides is 2. The van der Waals surface area contributed by atoms with Gasteiger partial charge in [-0.3, -0.25) is 14.6 Å². The van der Waals surface area contributed by atoms with E-state index < -0.39 is 5.91 Å². The molecule has 0 aliphatic rings. The summed E-state index contributed by atoms with van der Waals surface area (Å²) in [6.45, 7) is 0.909. The van der Waals surface area contributed by atoms with Crippen molar-refractivity contribution in [3.63, 3.8) is 0 Å². The van der Waals surface area contributed by atoms with E-state index in [1.165, 1.54) is 0 Å². The highest BCUT2D eigenvalue weighted by atomic mass is 16.2. The van der Waals surface area contributed by atoms with Crippen LogP contribution in [0.15, 0.2) is 85.2 Å². The average Bonchev–Trinajstić information content (AvgIpc) is 2.89. The van der Waals surface area contributed by atoms with Gasteiger partial charge in [-0.2, -0.15) is 0 Å². The van der Waals surface area contributed by atoms with Crippen LogP contribution in [-0.2, 0) is 6.42 Å². The molecule has 8 heteroatoms.